The summed E-state index contributed by atoms with van der Waals surface area (Å²) in [6, 6.07) is 10.4. The lowest BCUT2D eigenvalue weighted by Crippen LogP contribution is -2.40. The van der Waals surface area contributed by atoms with Crippen LogP contribution in [0.4, 0.5) is 0 Å². The number of hydrogen-bond donors (Lipinski definition) is 1. The number of nitrogens with zero attached hydrogens (tertiary/aromatic N) is 1. The minimum absolute atomic E-state index is 0.482. The fraction of sp³-hybridized carbons (Fsp3) is 0.684. The Kier molecular flexibility index (Phi) is 4.97. The molecule has 0 radical (unpaired) electrons. The molecule has 0 amide bonds. The third-order valence-electron chi connectivity index (χ3n) is 5.44. The van der Waals surface area contributed by atoms with E-state index < -0.39 is 0 Å². The number of likely N-dealkylation sites (tertiary alicyclic amines) is 1. The average Bonchev–Trinajstić information content (AvgIpc) is 2.90. The summed E-state index contributed by atoms with van der Waals surface area (Å²) >= 11 is 0. The zero-order valence-corrected chi connectivity index (χ0v) is 13.6. The van der Waals surface area contributed by atoms with Crippen LogP contribution in [0.3, 0.4) is 0 Å². The first-order chi connectivity index (χ1) is 10.3. The Balaban J connectivity index is 1.70. The van der Waals surface area contributed by atoms with E-state index >= 15 is 0 Å². The van der Waals surface area contributed by atoms with E-state index in [-0.39, 0.29) is 0 Å². The van der Waals surface area contributed by atoms with E-state index in [1.165, 1.54) is 56.3 Å². The predicted octanol–water partition coefficient (Wildman–Crippen LogP) is 3.91. The second-order valence-electron chi connectivity index (χ2n) is 6.92. The third-order valence-corrected chi connectivity index (χ3v) is 5.44. The summed E-state index contributed by atoms with van der Waals surface area (Å²) in [6.07, 6.45) is 7.23. The van der Waals surface area contributed by atoms with Crippen LogP contribution in [0, 0.1) is 12.8 Å². The van der Waals surface area contributed by atoms with Crippen molar-refractivity contribution in [3.8, 4) is 0 Å². The van der Waals surface area contributed by atoms with Crippen LogP contribution in [0.25, 0.3) is 0 Å². The molecule has 1 aromatic rings. The summed E-state index contributed by atoms with van der Waals surface area (Å²) in [5, 5.41) is 3.71. The summed E-state index contributed by atoms with van der Waals surface area (Å²) in [4.78, 5) is 2.78. The van der Waals surface area contributed by atoms with Crippen LogP contribution in [0.1, 0.15) is 56.2 Å². The molecule has 1 aromatic carbocycles. The largest absolute Gasteiger partial charge is 0.309 e. The highest BCUT2D eigenvalue weighted by atomic mass is 15.2. The zero-order chi connectivity index (χ0) is 14.7. The molecule has 2 aliphatic rings. The minimum Gasteiger partial charge on any atom is -0.309 e. The van der Waals surface area contributed by atoms with Crippen LogP contribution in [-0.2, 0) is 0 Å². The van der Waals surface area contributed by atoms with Crippen LogP contribution >= 0.6 is 0 Å². The highest BCUT2D eigenvalue weighted by Gasteiger charge is 2.36. The van der Waals surface area contributed by atoms with Gasteiger partial charge in [-0.2, -0.15) is 0 Å². The average molecular weight is 286 g/mol. The van der Waals surface area contributed by atoms with Crippen molar-refractivity contribution >= 4 is 0 Å². The van der Waals surface area contributed by atoms with Gasteiger partial charge < -0.3 is 5.32 Å². The molecule has 1 saturated heterocycles. The Bertz CT molecular complexity index is 457. The Hall–Kier alpha value is -0.860. The Labute approximate surface area is 129 Å². The van der Waals surface area contributed by atoms with Gasteiger partial charge in [-0.05, 0) is 50.8 Å². The molecule has 1 aliphatic heterocycles. The zero-order valence-electron chi connectivity index (χ0n) is 13.6. The van der Waals surface area contributed by atoms with E-state index in [1.807, 2.05) is 0 Å². The molecule has 1 heterocycles. The first-order valence-electron chi connectivity index (χ1n) is 8.82. The van der Waals surface area contributed by atoms with Crippen molar-refractivity contribution in [2.45, 2.75) is 58.0 Å². The molecule has 1 N–H and O–H groups in total. The van der Waals surface area contributed by atoms with Gasteiger partial charge in [-0.3, -0.25) is 4.90 Å². The summed E-state index contributed by atoms with van der Waals surface area (Å²) in [6.45, 7) is 7.94. The summed E-state index contributed by atoms with van der Waals surface area (Å²) in [5.74, 6) is 0.985. The van der Waals surface area contributed by atoms with Crippen molar-refractivity contribution in [3.63, 3.8) is 0 Å². The molecule has 2 fully saturated rings. The Morgan fingerprint density at radius 2 is 2.10 bits per heavy atom. The van der Waals surface area contributed by atoms with Crippen molar-refractivity contribution < 1.29 is 0 Å². The smallest absolute Gasteiger partial charge is 0.0449 e. The van der Waals surface area contributed by atoms with Crippen molar-refractivity contribution in [2.24, 2.45) is 5.92 Å². The molecule has 116 valence electrons. The van der Waals surface area contributed by atoms with Crippen molar-refractivity contribution in [2.75, 3.05) is 19.6 Å². The lowest BCUT2D eigenvalue weighted by atomic mass is 9.85. The SMILES string of the molecule is CCNC(CN1CCC2CCCCC21)c1cccc(C)c1. The van der Waals surface area contributed by atoms with E-state index in [1.54, 1.807) is 0 Å². The highest BCUT2D eigenvalue weighted by molar-refractivity contribution is 5.25. The standard InChI is InChI=1S/C19H30N2/c1-3-20-18(17-9-6-7-15(2)13-17)14-21-12-11-16-8-4-5-10-19(16)21/h6-7,9,13,16,18-20H,3-5,8,10-12,14H2,1-2H3. The maximum absolute atomic E-state index is 3.71. The van der Waals surface area contributed by atoms with E-state index in [0.717, 1.165) is 18.5 Å². The Morgan fingerprint density at radius 1 is 1.24 bits per heavy atom. The Morgan fingerprint density at radius 3 is 2.90 bits per heavy atom. The van der Waals surface area contributed by atoms with Gasteiger partial charge in [0.25, 0.3) is 0 Å². The van der Waals surface area contributed by atoms with Crippen molar-refractivity contribution in [1.29, 1.82) is 0 Å². The molecule has 0 bridgehead atoms. The number of nitrogens with one attached hydrogen (secondary N) is 1. The van der Waals surface area contributed by atoms with E-state index in [2.05, 4.69) is 48.3 Å². The predicted molar refractivity (Wildman–Crippen MR) is 89.5 cm³/mol. The maximum atomic E-state index is 3.71. The molecule has 2 heteroatoms. The van der Waals surface area contributed by atoms with Crippen molar-refractivity contribution in [3.05, 3.63) is 35.4 Å². The minimum atomic E-state index is 0.482. The van der Waals surface area contributed by atoms with Crippen LogP contribution in [-0.4, -0.2) is 30.6 Å². The molecule has 3 rings (SSSR count). The first kappa shape index (κ1) is 15.1. The number of rotatable bonds is 5. The van der Waals surface area contributed by atoms with Gasteiger partial charge in [0.1, 0.15) is 0 Å². The fourth-order valence-electron chi connectivity index (χ4n) is 4.39. The number of aryl methyl sites for hydroxylation is 1. The third kappa shape index (κ3) is 3.49. The van der Waals surface area contributed by atoms with Crippen LogP contribution in [0.2, 0.25) is 0 Å². The first-order valence-corrected chi connectivity index (χ1v) is 8.82. The van der Waals surface area contributed by atoms with Gasteiger partial charge in [-0.1, -0.05) is 49.6 Å². The van der Waals surface area contributed by atoms with Gasteiger partial charge in [-0.15, -0.1) is 0 Å². The van der Waals surface area contributed by atoms with Gasteiger partial charge in [0, 0.05) is 18.6 Å². The molecular weight excluding hydrogens is 256 g/mol. The van der Waals surface area contributed by atoms with Gasteiger partial charge in [0.2, 0.25) is 0 Å². The van der Waals surface area contributed by atoms with Crippen LogP contribution < -0.4 is 5.32 Å². The van der Waals surface area contributed by atoms with Gasteiger partial charge >= 0.3 is 0 Å². The molecule has 1 aliphatic carbocycles. The fourth-order valence-corrected chi connectivity index (χ4v) is 4.39. The molecule has 3 unspecified atom stereocenters. The normalized spacial score (nSPS) is 27.5. The lowest BCUT2D eigenvalue weighted by molar-refractivity contribution is 0.167. The lowest BCUT2D eigenvalue weighted by Gasteiger charge is -2.34. The molecule has 0 aromatic heterocycles. The van der Waals surface area contributed by atoms with Gasteiger partial charge in [0.05, 0.1) is 0 Å². The van der Waals surface area contributed by atoms with E-state index in [0.29, 0.717) is 6.04 Å². The quantitative estimate of drug-likeness (QED) is 0.883. The molecule has 0 spiro atoms. The highest BCUT2D eigenvalue weighted by Crippen LogP contribution is 2.36. The van der Waals surface area contributed by atoms with Crippen LogP contribution in [0.15, 0.2) is 24.3 Å². The second-order valence-corrected chi connectivity index (χ2v) is 6.92. The number of benzene rings is 1. The number of hydrogen-bond acceptors (Lipinski definition) is 2. The number of likely N-dealkylation sites (N-methyl/N-ethyl adjacent to an activating group) is 1. The molecule has 3 atom stereocenters. The summed E-state index contributed by atoms with van der Waals surface area (Å²) < 4.78 is 0. The molecule has 1 saturated carbocycles. The van der Waals surface area contributed by atoms with E-state index in [4.69, 9.17) is 0 Å². The summed E-state index contributed by atoms with van der Waals surface area (Å²) in [5.41, 5.74) is 2.82. The molecule has 2 nitrogen and oxygen atoms in total. The van der Waals surface area contributed by atoms with Crippen LogP contribution in [0.5, 0.6) is 0 Å². The van der Waals surface area contributed by atoms with Gasteiger partial charge in [-0.25, -0.2) is 0 Å². The summed E-state index contributed by atoms with van der Waals surface area (Å²) in [7, 11) is 0. The molecule has 21 heavy (non-hydrogen) atoms. The van der Waals surface area contributed by atoms with Gasteiger partial charge in [0.15, 0.2) is 0 Å². The van der Waals surface area contributed by atoms with Crippen molar-refractivity contribution in [1.82, 2.24) is 10.2 Å². The maximum Gasteiger partial charge on any atom is 0.0449 e. The molecular formula is C19H30N2. The monoisotopic (exact) mass is 286 g/mol. The second kappa shape index (κ2) is 6.93. The topological polar surface area (TPSA) is 15.3 Å². The van der Waals surface area contributed by atoms with E-state index in [9.17, 15) is 0 Å². The number of fused-ring (bicyclic) bond motifs is 1.